The van der Waals surface area contributed by atoms with E-state index in [9.17, 15) is 0 Å². The third kappa shape index (κ3) is 9.62. The Balaban J connectivity index is 0.496. The van der Waals surface area contributed by atoms with E-state index in [2.05, 4.69) is 404 Å². The fraction of sp³-hybridized carbons (Fsp3) is 0.0492. The van der Waals surface area contributed by atoms with Crippen molar-refractivity contribution in [2.75, 3.05) is 0 Å². The Kier molecular flexibility index (Phi) is 14.1. The van der Waals surface area contributed by atoms with Gasteiger partial charge in [-0.1, -0.05) is 325 Å². The second-order valence-corrected chi connectivity index (χ2v) is 36.2. The van der Waals surface area contributed by atoms with Gasteiger partial charge >= 0.3 is 0 Å². The molecule has 0 radical (unpaired) electrons. The summed E-state index contributed by atoms with van der Waals surface area (Å²) < 4.78 is 28.3. The molecule has 28 rings (SSSR count). The first-order valence-electron chi connectivity index (χ1n) is 43.9. The summed E-state index contributed by atoms with van der Waals surface area (Å²) in [5, 5.41) is 27.8. The maximum atomic E-state index is 7.21. The molecule has 0 saturated carbocycles. The van der Waals surface area contributed by atoms with Crippen molar-refractivity contribution >= 4 is 174 Å². The molecule has 0 aliphatic heterocycles. The van der Waals surface area contributed by atoms with Crippen molar-refractivity contribution in [1.82, 2.24) is 0 Å². The van der Waals surface area contributed by atoms with Crippen molar-refractivity contribution in [3.63, 3.8) is 0 Å². The van der Waals surface area contributed by atoms with Crippen LogP contribution in [0.4, 0.5) is 0 Å². The lowest BCUT2D eigenvalue weighted by Crippen LogP contribution is -2.15. The standard InChI is InChI=1S/C122H74O4/c1-121(2)103-55-47-73(61-99(103)82-51-45-75(63-105(82)121)111-86-27-9-13-31-90(86)113(91-32-14-10-28-87(91)111)84-37-17-23-67-21-5-7-25-77(67)84)79-35-19-39-94-101-65-110-102(66-109(101)125-117(79)94)115-98-60-71(42-41-69(98)49-57-107(115)123-110)70-43-50-81-72(59-70)44-53-95-96-54-58-108-116(120(96)126-118(81)95)97-40-20-36-80(119(97)124-108)74-48-56-104-100(62-74)83-52-46-76(64-106(83)122(104,3)4)112-88-29-11-15-33-92(88)114(93-34-16-12-30-89(93)112)85-38-18-24-68-22-6-8-26-78(68)85/h5-66H,1-4H3. The molecule has 0 saturated heterocycles. The molecule has 0 unspecified atom stereocenters. The van der Waals surface area contributed by atoms with Crippen LogP contribution in [0.3, 0.4) is 0 Å². The predicted molar refractivity (Wildman–Crippen MR) is 529 cm³/mol. The lowest BCUT2D eigenvalue weighted by atomic mass is 9.80. The number of fused-ring (bicyclic) bond motifs is 29. The van der Waals surface area contributed by atoms with E-state index in [1.54, 1.807) is 0 Å². The molecule has 586 valence electrons. The van der Waals surface area contributed by atoms with E-state index in [0.717, 1.165) is 143 Å². The predicted octanol–water partition coefficient (Wildman–Crippen LogP) is 34.8. The molecule has 0 N–H and O–H groups in total. The molecule has 2 aliphatic carbocycles. The number of rotatable bonds is 7. The van der Waals surface area contributed by atoms with Gasteiger partial charge in [0.05, 0.1) is 5.39 Å². The third-order valence-corrected chi connectivity index (χ3v) is 29.0. The van der Waals surface area contributed by atoms with Gasteiger partial charge in [-0.05, 0) is 271 Å². The highest BCUT2D eigenvalue weighted by Gasteiger charge is 2.39. The summed E-state index contributed by atoms with van der Waals surface area (Å²) in [6.45, 7) is 9.55. The van der Waals surface area contributed by atoms with Gasteiger partial charge in [-0.25, -0.2) is 0 Å². The minimum Gasteiger partial charge on any atom is -0.456 e. The van der Waals surface area contributed by atoms with Crippen molar-refractivity contribution in [3.8, 4) is 100 Å². The van der Waals surface area contributed by atoms with Gasteiger partial charge in [-0.3, -0.25) is 0 Å². The van der Waals surface area contributed by atoms with Crippen LogP contribution in [0.2, 0.25) is 0 Å². The molecule has 4 heterocycles. The number of hydrogen-bond donors (Lipinski definition) is 0. The van der Waals surface area contributed by atoms with E-state index in [1.807, 2.05) is 0 Å². The average molecular weight is 1600 g/mol. The van der Waals surface area contributed by atoms with Crippen LogP contribution in [0.15, 0.2) is 394 Å². The molecule has 4 aromatic heterocycles. The van der Waals surface area contributed by atoms with E-state index in [0.29, 0.717) is 0 Å². The van der Waals surface area contributed by atoms with E-state index in [-0.39, 0.29) is 10.8 Å². The highest BCUT2D eigenvalue weighted by Crippen LogP contribution is 2.57. The summed E-state index contributed by atoms with van der Waals surface area (Å²) >= 11 is 0. The molecule has 4 nitrogen and oxygen atoms in total. The van der Waals surface area contributed by atoms with Gasteiger partial charge < -0.3 is 17.7 Å². The third-order valence-electron chi connectivity index (χ3n) is 29.0. The molecule has 22 aromatic carbocycles. The van der Waals surface area contributed by atoms with E-state index in [4.69, 9.17) is 17.7 Å². The van der Waals surface area contributed by atoms with Crippen LogP contribution in [0, 0.1) is 0 Å². The van der Waals surface area contributed by atoms with E-state index < -0.39 is 0 Å². The maximum absolute atomic E-state index is 7.21. The summed E-state index contributed by atoms with van der Waals surface area (Å²) in [4.78, 5) is 0. The minimum absolute atomic E-state index is 0.250. The van der Waals surface area contributed by atoms with Gasteiger partial charge in [-0.15, -0.1) is 0 Å². The molecule has 126 heavy (non-hydrogen) atoms. The monoisotopic (exact) mass is 1600 g/mol. The zero-order chi connectivity index (χ0) is 82.8. The number of furan rings is 4. The Morgan fingerprint density at radius 3 is 1.12 bits per heavy atom. The fourth-order valence-corrected chi connectivity index (χ4v) is 23.1. The number of benzene rings is 22. The SMILES string of the molecule is CC1(C)c2ccc(-c3cccc4c3oc3cc5c(cc34)oc3ccc4ccc(-c6ccc7c(ccc8c9ccc%10oc%11c(-c%12ccc%13c(c%12)-c%12ccc(-c%14c%15ccccc%15c(-c%15cccc%16ccccc%15%16)c%15ccccc%14%15)cc%12C%13(C)C)cccc%11c%10c9oc78)c6)cc4c35)cc2-c2ccc(-c3c4ccccc4c(-c4cccc5ccccc45)c4ccccc34)cc21. The molecule has 0 fully saturated rings. The van der Waals surface area contributed by atoms with Crippen LogP contribution in [-0.4, -0.2) is 0 Å². The summed E-state index contributed by atoms with van der Waals surface area (Å²) in [5.41, 5.74) is 33.1. The van der Waals surface area contributed by atoms with Crippen LogP contribution in [0.5, 0.6) is 0 Å². The lowest BCUT2D eigenvalue weighted by molar-refractivity contribution is 0.660. The Bertz CT molecular complexity index is 9310. The Morgan fingerprint density at radius 2 is 0.540 bits per heavy atom. The zero-order valence-corrected chi connectivity index (χ0v) is 69.4. The van der Waals surface area contributed by atoms with Gasteiger partial charge in [0.15, 0.2) is 0 Å². The van der Waals surface area contributed by atoms with Crippen LogP contribution in [-0.2, 0) is 10.8 Å². The maximum Gasteiger partial charge on any atom is 0.147 e. The first kappa shape index (κ1) is 69.7. The molecule has 2 aliphatic rings. The van der Waals surface area contributed by atoms with Gasteiger partial charge in [0.25, 0.3) is 0 Å². The Labute approximate surface area is 723 Å². The molecular formula is C122H74O4. The van der Waals surface area contributed by atoms with Crippen LogP contribution < -0.4 is 0 Å². The van der Waals surface area contributed by atoms with Crippen molar-refractivity contribution in [2.45, 2.75) is 38.5 Å². The van der Waals surface area contributed by atoms with Crippen LogP contribution >= 0.6 is 0 Å². The topological polar surface area (TPSA) is 52.6 Å². The lowest BCUT2D eigenvalue weighted by Gasteiger charge is -2.23. The van der Waals surface area contributed by atoms with Gasteiger partial charge in [-0.2, -0.15) is 0 Å². The molecule has 0 amide bonds. The van der Waals surface area contributed by atoms with Gasteiger partial charge in [0.1, 0.15) is 44.7 Å². The molecule has 0 atom stereocenters. The highest BCUT2D eigenvalue weighted by atomic mass is 16.4. The largest absolute Gasteiger partial charge is 0.456 e. The number of para-hydroxylation sites is 2. The first-order chi connectivity index (χ1) is 62.0. The quantitative estimate of drug-likeness (QED) is 0.149. The first-order valence-corrected chi connectivity index (χ1v) is 43.9. The smallest absolute Gasteiger partial charge is 0.147 e. The molecule has 26 aromatic rings. The van der Waals surface area contributed by atoms with Crippen LogP contribution in [0.25, 0.3) is 274 Å². The summed E-state index contributed by atoms with van der Waals surface area (Å²) in [6.07, 6.45) is 0. The van der Waals surface area contributed by atoms with Gasteiger partial charge in [0, 0.05) is 65.0 Å². The molecular weight excluding hydrogens is 1530 g/mol. The fourth-order valence-electron chi connectivity index (χ4n) is 23.1. The minimum atomic E-state index is -0.252. The average Bonchev–Trinajstić information content (AvgIpc) is 1.10. The van der Waals surface area contributed by atoms with Crippen LogP contribution in [0.1, 0.15) is 49.9 Å². The van der Waals surface area contributed by atoms with E-state index in [1.165, 1.54) is 154 Å². The Hall–Kier alpha value is -15.9. The second-order valence-electron chi connectivity index (χ2n) is 36.2. The molecule has 4 heteroatoms. The van der Waals surface area contributed by atoms with Crippen molar-refractivity contribution in [2.24, 2.45) is 0 Å². The van der Waals surface area contributed by atoms with Gasteiger partial charge in [0.2, 0.25) is 0 Å². The summed E-state index contributed by atoms with van der Waals surface area (Å²) in [6, 6.07) is 140. The number of hydrogen-bond acceptors (Lipinski definition) is 4. The summed E-state index contributed by atoms with van der Waals surface area (Å²) in [5.74, 6) is 0. The molecule has 0 spiro atoms. The highest BCUT2D eigenvalue weighted by molar-refractivity contribution is 6.29. The zero-order valence-electron chi connectivity index (χ0n) is 69.4. The second kappa shape index (κ2) is 25.4. The van der Waals surface area contributed by atoms with Crippen molar-refractivity contribution in [1.29, 1.82) is 0 Å². The molecule has 0 bridgehead atoms. The van der Waals surface area contributed by atoms with Crippen molar-refractivity contribution in [3.05, 3.63) is 398 Å². The van der Waals surface area contributed by atoms with E-state index >= 15 is 0 Å². The normalized spacial score (nSPS) is 13.5. The van der Waals surface area contributed by atoms with Crippen molar-refractivity contribution < 1.29 is 17.7 Å². The Morgan fingerprint density at radius 1 is 0.159 bits per heavy atom. The summed E-state index contributed by atoms with van der Waals surface area (Å²) in [7, 11) is 0.